The molecule has 0 amide bonds. The van der Waals surface area contributed by atoms with Gasteiger partial charge in [0.15, 0.2) is 0 Å². The third kappa shape index (κ3) is 2.82. The first-order valence-corrected chi connectivity index (χ1v) is 9.41. The summed E-state index contributed by atoms with van der Waals surface area (Å²) in [6, 6.07) is 6.92. The van der Waals surface area contributed by atoms with Crippen molar-refractivity contribution in [2.24, 2.45) is 0 Å². The number of aliphatic hydroxyl groups is 1. The number of unbranched alkanes of at least 4 members (excludes halogenated alkanes) is 1. The van der Waals surface area contributed by atoms with E-state index in [0.717, 1.165) is 18.4 Å². The fourth-order valence-corrected chi connectivity index (χ4v) is 5.13. The molecule has 124 valence electrons. The third-order valence-corrected chi connectivity index (χ3v) is 7.17. The molecule has 2 rings (SSSR count). The van der Waals surface area contributed by atoms with Gasteiger partial charge in [0.05, 0.1) is 16.0 Å². The molecule has 1 aromatic rings. The van der Waals surface area contributed by atoms with Crippen molar-refractivity contribution in [1.82, 2.24) is 4.31 Å². The summed E-state index contributed by atoms with van der Waals surface area (Å²) in [4.78, 5) is 0.304. The maximum absolute atomic E-state index is 13.0. The first kappa shape index (κ1) is 17.4. The Hall–Kier alpha value is -0.910. The van der Waals surface area contributed by atoms with Crippen molar-refractivity contribution >= 4 is 10.0 Å². The second-order valence-corrected chi connectivity index (χ2v) is 8.65. The van der Waals surface area contributed by atoms with Crippen LogP contribution in [0.4, 0.5) is 0 Å². The van der Waals surface area contributed by atoms with Crippen molar-refractivity contribution in [3.63, 3.8) is 0 Å². The predicted octanol–water partition coefficient (Wildman–Crippen LogP) is 3.09. The van der Waals surface area contributed by atoms with Gasteiger partial charge in [-0.15, -0.1) is 0 Å². The lowest BCUT2D eigenvalue weighted by molar-refractivity contribution is -0.0235. The Balaban J connectivity index is 2.43. The van der Waals surface area contributed by atoms with Crippen molar-refractivity contribution in [2.75, 3.05) is 6.54 Å². The maximum Gasteiger partial charge on any atom is 0.243 e. The number of hydrogen-bond acceptors (Lipinski definition) is 3. The number of aryl methyl sites for hydroxylation is 1. The summed E-state index contributed by atoms with van der Waals surface area (Å²) in [7, 11) is -3.59. The molecule has 0 unspecified atom stereocenters. The second kappa shape index (κ2) is 5.95. The van der Waals surface area contributed by atoms with E-state index in [2.05, 4.69) is 6.92 Å². The Morgan fingerprint density at radius 1 is 1.23 bits per heavy atom. The van der Waals surface area contributed by atoms with Gasteiger partial charge in [-0.25, -0.2) is 8.42 Å². The van der Waals surface area contributed by atoms with Gasteiger partial charge in [-0.2, -0.15) is 4.31 Å². The van der Waals surface area contributed by atoms with Gasteiger partial charge in [0.25, 0.3) is 0 Å². The van der Waals surface area contributed by atoms with Crippen LogP contribution in [0.2, 0.25) is 0 Å². The summed E-state index contributed by atoms with van der Waals surface area (Å²) in [5.41, 5.74) is -0.728. The van der Waals surface area contributed by atoms with Gasteiger partial charge in [-0.1, -0.05) is 37.5 Å². The molecule has 2 atom stereocenters. The highest BCUT2D eigenvalue weighted by Gasteiger charge is 2.56. The third-order valence-electron chi connectivity index (χ3n) is 5.14. The average Bonchev–Trinajstić information content (AvgIpc) is 2.68. The summed E-state index contributed by atoms with van der Waals surface area (Å²) in [6.07, 6.45) is 3.01. The molecule has 0 aromatic heterocycles. The van der Waals surface area contributed by atoms with E-state index in [0.29, 0.717) is 24.3 Å². The zero-order valence-corrected chi connectivity index (χ0v) is 14.8. The lowest BCUT2D eigenvalue weighted by atomic mass is 9.80. The molecule has 0 spiro atoms. The molecule has 1 aliphatic rings. The number of rotatable bonds is 5. The van der Waals surface area contributed by atoms with Gasteiger partial charge < -0.3 is 5.11 Å². The highest BCUT2D eigenvalue weighted by molar-refractivity contribution is 7.89. The van der Waals surface area contributed by atoms with Crippen molar-refractivity contribution < 1.29 is 13.5 Å². The zero-order chi connectivity index (χ0) is 16.6. The molecule has 1 fully saturated rings. The smallest absolute Gasteiger partial charge is 0.243 e. The molecule has 1 aromatic carbocycles. The first-order valence-electron chi connectivity index (χ1n) is 7.97. The average molecular weight is 325 g/mol. The molecule has 5 heteroatoms. The van der Waals surface area contributed by atoms with Crippen molar-refractivity contribution in [3.8, 4) is 0 Å². The van der Waals surface area contributed by atoms with Crippen LogP contribution in [0.1, 0.15) is 52.0 Å². The van der Waals surface area contributed by atoms with Gasteiger partial charge in [-0.3, -0.25) is 0 Å². The standard InChI is InChI=1S/C17H27NO3S/c1-5-6-11-16(3)17(4,19)12-13-18(16)22(20,21)15-9-7-14(2)8-10-15/h7-10,19H,5-6,11-13H2,1-4H3/t16-,17-/m0/s1. The van der Waals surface area contributed by atoms with E-state index < -0.39 is 21.2 Å². The van der Waals surface area contributed by atoms with Crippen LogP contribution in [-0.2, 0) is 10.0 Å². The molecular formula is C17H27NO3S. The van der Waals surface area contributed by atoms with E-state index in [4.69, 9.17) is 0 Å². The molecule has 1 saturated heterocycles. The lowest BCUT2D eigenvalue weighted by Gasteiger charge is -2.42. The van der Waals surface area contributed by atoms with Gasteiger partial charge in [0.2, 0.25) is 10.0 Å². The molecular weight excluding hydrogens is 298 g/mol. The van der Waals surface area contributed by atoms with Gasteiger partial charge in [0.1, 0.15) is 0 Å². The Morgan fingerprint density at radius 3 is 2.36 bits per heavy atom. The van der Waals surface area contributed by atoms with E-state index in [9.17, 15) is 13.5 Å². The molecule has 0 bridgehead atoms. The Kier molecular flexibility index (Phi) is 4.71. The predicted molar refractivity (Wildman–Crippen MR) is 88.2 cm³/mol. The molecule has 0 aliphatic carbocycles. The zero-order valence-electron chi connectivity index (χ0n) is 14.0. The lowest BCUT2D eigenvalue weighted by Crippen LogP contribution is -2.55. The minimum atomic E-state index is -3.59. The number of benzene rings is 1. The van der Waals surface area contributed by atoms with Gasteiger partial charge in [-0.05, 0) is 45.7 Å². The van der Waals surface area contributed by atoms with Crippen LogP contribution in [0.3, 0.4) is 0 Å². The topological polar surface area (TPSA) is 57.6 Å². The summed E-state index contributed by atoms with van der Waals surface area (Å²) in [5.74, 6) is 0. The van der Waals surface area contributed by atoms with Gasteiger partial charge in [0, 0.05) is 6.54 Å². The minimum absolute atomic E-state index is 0.304. The minimum Gasteiger partial charge on any atom is -0.388 e. The van der Waals surface area contributed by atoms with Crippen molar-refractivity contribution in [2.45, 2.75) is 69.4 Å². The van der Waals surface area contributed by atoms with Gasteiger partial charge >= 0.3 is 0 Å². The maximum atomic E-state index is 13.0. The monoisotopic (exact) mass is 325 g/mol. The van der Waals surface area contributed by atoms with Crippen molar-refractivity contribution in [1.29, 1.82) is 0 Å². The SMILES string of the molecule is CCCC[C@]1(C)N(S(=O)(=O)c2ccc(C)cc2)CC[C@]1(C)O. The summed E-state index contributed by atoms with van der Waals surface area (Å²) in [5, 5.41) is 10.8. The Morgan fingerprint density at radius 2 is 1.82 bits per heavy atom. The highest BCUT2D eigenvalue weighted by atomic mass is 32.2. The fraction of sp³-hybridized carbons (Fsp3) is 0.647. The van der Waals surface area contributed by atoms with Crippen LogP contribution in [-0.4, -0.2) is 35.5 Å². The Bertz CT molecular complexity index is 622. The number of sulfonamides is 1. The van der Waals surface area contributed by atoms with E-state index in [-0.39, 0.29) is 0 Å². The normalized spacial score (nSPS) is 29.9. The molecule has 4 nitrogen and oxygen atoms in total. The molecule has 1 N–H and O–H groups in total. The van der Waals surface area contributed by atoms with Crippen LogP contribution in [0, 0.1) is 6.92 Å². The van der Waals surface area contributed by atoms with E-state index in [1.165, 1.54) is 4.31 Å². The van der Waals surface area contributed by atoms with E-state index in [1.807, 2.05) is 26.0 Å². The molecule has 0 saturated carbocycles. The van der Waals surface area contributed by atoms with E-state index in [1.54, 1.807) is 19.1 Å². The highest BCUT2D eigenvalue weighted by Crippen LogP contribution is 2.44. The fourth-order valence-electron chi connectivity index (χ4n) is 3.24. The van der Waals surface area contributed by atoms with Crippen molar-refractivity contribution in [3.05, 3.63) is 29.8 Å². The van der Waals surface area contributed by atoms with Crippen LogP contribution >= 0.6 is 0 Å². The summed E-state index contributed by atoms with van der Waals surface area (Å²) >= 11 is 0. The van der Waals surface area contributed by atoms with E-state index >= 15 is 0 Å². The molecule has 1 aliphatic heterocycles. The summed E-state index contributed by atoms with van der Waals surface area (Å²) < 4.78 is 27.6. The quantitative estimate of drug-likeness (QED) is 0.905. The largest absolute Gasteiger partial charge is 0.388 e. The number of hydrogen-bond donors (Lipinski definition) is 1. The molecule has 1 heterocycles. The van der Waals surface area contributed by atoms with Crippen LogP contribution < -0.4 is 0 Å². The molecule has 0 radical (unpaired) electrons. The Labute approximate surface area is 134 Å². The molecule has 22 heavy (non-hydrogen) atoms. The second-order valence-electron chi connectivity index (χ2n) is 6.79. The van der Waals surface area contributed by atoms with Crippen LogP contribution in [0.25, 0.3) is 0 Å². The number of nitrogens with zero attached hydrogens (tertiary/aromatic N) is 1. The van der Waals surface area contributed by atoms with Crippen LogP contribution in [0.5, 0.6) is 0 Å². The summed E-state index contributed by atoms with van der Waals surface area (Å²) in [6.45, 7) is 8.01. The van der Waals surface area contributed by atoms with Crippen LogP contribution in [0.15, 0.2) is 29.2 Å². The first-order chi connectivity index (χ1) is 10.1.